The molecule has 1 unspecified atom stereocenters. The zero-order valence-corrected chi connectivity index (χ0v) is 11.2. The van der Waals surface area contributed by atoms with Gasteiger partial charge in [-0.2, -0.15) is 0 Å². The van der Waals surface area contributed by atoms with E-state index in [1.54, 1.807) is 31.2 Å². The third-order valence-electron chi connectivity index (χ3n) is 3.13. The molecular formula is C14H19NO4. The molecule has 2 N–H and O–H groups in total. The number of hydrogen-bond acceptors (Lipinski definition) is 3. The van der Waals surface area contributed by atoms with Gasteiger partial charge in [0.2, 0.25) is 5.91 Å². The van der Waals surface area contributed by atoms with Crippen LogP contribution in [0.2, 0.25) is 0 Å². The first kappa shape index (κ1) is 15.0. The van der Waals surface area contributed by atoms with Gasteiger partial charge in [0, 0.05) is 13.5 Å². The van der Waals surface area contributed by atoms with Crippen LogP contribution in [0.15, 0.2) is 24.3 Å². The van der Waals surface area contributed by atoms with Crippen molar-refractivity contribution in [3.63, 3.8) is 0 Å². The molecule has 0 aliphatic carbocycles. The number of carboxylic acid groups (broad SMARTS) is 1. The Bertz CT molecular complexity index is 459. The van der Waals surface area contributed by atoms with E-state index in [0.717, 1.165) is 0 Å². The number of carbonyl (C=O) groups excluding carboxylic acids is 1. The molecule has 1 amide bonds. The normalized spacial score (nSPS) is 11.9. The largest absolute Gasteiger partial charge is 0.508 e. The average molecular weight is 265 g/mol. The van der Waals surface area contributed by atoms with E-state index < -0.39 is 12.0 Å². The predicted octanol–water partition coefficient (Wildman–Crippen LogP) is 1.65. The van der Waals surface area contributed by atoms with Gasteiger partial charge in [0.25, 0.3) is 0 Å². The highest BCUT2D eigenvalue weighted by molar-refractivity contribution is 5.83. The Morgan fingerprint density at radius 1 is 1.32 bits per heavy atom. The monoisotopic (exact) mass is 265 g/mol. The lowest BCUT2D eigenvalue weighted by Gasteiger charge is -2.23. The summed E-state index contributed by atoms with van der Waals surface area (Å²) in [5.41, 5.74) is 0.688. The van der Waals surface area contributed by atoms with Crippen molar-refractivity contribution < 1.29 is 19.8 Å². The first-order chi connectivity index (χ1) is 8.97. The van der Waals surface area contributed by atoms with Crippen LogP contribution in [0, 0.1) is 0 Å². The fourth-order valence-electron chi connectivity index (χ4n) is 1.93. The fourth-order valence-corrected chi connectivity index (χ4v) is 1.93. The average Bonchev–Trinajstić information content (AvgIpc) is 2.37. The summed E-state index contributed by atoms with van der Waals surface area (Å²) in [5, 5.41) is 18.6. The number of likely N-dealkylation sites (N-methyl/N-ethyl adjacent to an activating group) is 1. The third-order valence-corrected chi connectivity index (χ3v) is 3.13. The topological polar surface area (TPSA) is 77.8 Å². The fraction of sp³-hybridized carbons (Fsp3) is 0.429. The van der Waals surface area contributed by atoms with Crippen molar-refractivity contribution in [2.45, 2.75) is 32.2 Å². The van der Waals surface area contributed by atoms with Gasteiger partial charge in [0.15, 0.2) is 0 Å². The van der Waals surface area contributed by atoms with Crippen molar-refractivity contribution in [2.24, 2.45) is 0 Å². The molecule has 1 aromatic carbocycles. The number of aliphatic carboxylic acids is 1. The van der Waals surface area contributed by atoms with Crippen molar-refractivity contribution in [1.29, 1.82) is 0 Å². The van der Waals surface area contributed by atoms with Crippen LogP contribution < -0.4 is 0 Å². The van der Waals surface area contributed by atoms with Crippen molar-refractivity contribution in [3.8, 4) is 5.75 Å². The first-order valence-corrected chi connectivity index (χ1v) is 6.22. The molecule has 0 saturated carbocycles. The van der Waals surface area contributed by atoms with Gasteiger partial charge in [-0.25, -0.2) is 4.79 Å². The Balaban J connectivity index is 2.60. The molecule has 0 aliphatic rings. The number of rotatable bonds is 6. The second kappa shape index (κ2) is 6.78. The maximum absolute atomic E-state index is 11.9. The Kier molecular flexibility index (Phi) is 5.36. The van der Waals surface area contributed by atoms with Crippen molar-refractivity contribution in [2.75, 3.05) is 7.05 Å². The van der Waals surface area contributed by atoms with Gasteiger partial charge < -0.3 is 15.1 Å². The molecule has 5 heteroatoms. The number of phenolic OH excluding ortho intramolecular Hbond substituents is 1. The van der Waals surface area contributed by atoms with E-state index in [1.807, 2.05) is 0 Å². The number of phenols is 1. The molecular weight excluding hydrogens is 246 g/mol. The minimum absolute atomic E-state index is 0.156. The molecule has 0 spiro atoms. The number of carboxylic acids is 1. The number of hydrogen-bond donors (Lipinski definition) is 2. The maximum Gasteiger partial charge on any atom is 0.326 e. The zero-order valence-electron chi connectivity index (χ0n) is 11.2. The van der Waals surface area contributed by atoms with Crippen LogP contribution in [0.5, 0.6) is 5.75 Å². The van der Waals surface area contributed by atoms with Crippen LogP contribution >= 0.6 is 0 Å². The standard InChI is InChI=1S/C14H19NO4/c1-3-11(14(18)19)15(2)13(17)9-8-10-6-4-5-7-12(10)16/h4-7,11,16H,3,8-9H2,1-2H3,(H,18,19). The Morgan fingerprint density at radius 3 is 2.47 bits per heavy atom. The van der Waals surface area contributed by atoms with Crippen LogP contribution in [-0.2, 0) is 16.0 Å². The summed E-state index contributed by atoms with van der Waals surface area (Å²) in [6.45, 7) is 1.73. The van der Waals surface area contributed by atoms with Gasteiger partial charge in [-0.1, -0.05) is 25.1 Å². The minimum Gasteiger partial charge on any atom is -0.508 e. The molecule has 19 heavy (non-hydrogen) atoms. The highest BCUT2D eigenvalue weighted by Gasteiger charge is 2.24. The summed E-state index contributed by atoms with van der Waals surface area (Å²) in [6, 6.07) is 6.02. The summed E-state index contributed by atoms with van der Waals surface area (Å²) in [6.07, 6.45) is 0.942. The van der Waals surface area contributed by atoms with Gasteiger partial charge in [-0.15, -0.1) is 0 Å². The minimum atomic E-state index is -0.999. The summed E-state index contributed by atoms with van der Waals surface area (Å²) in [4.78, 5) is 24.1. The highest BCUT2D eigenvalue weighted by Crippen LogP contribution is 2.18. The van der Waals surface area contributed by atoms with E-state index in [9.17, 15) is 14.7 Å². The molecule has 0 saturated heterocycles. The maximum atomic E-state index is 11.9. The smallest absolute Gasteiger partial charge is 0.326 e. The number of para-hydroxylation sites is 1. The van der Waals surface area contributed by atoms with E-state index in [4.69, 9.17) is 5.11 Å². The second-order valence-electron chi connectivity index (χ2n) is 4.40. The van der Waals surface area contributed by atoms with E-state index in [1.165, 1.54) is 11.9 Å². The van der Waals surface area contributed by atoms with Gasteiger partial charge in [0.1, 0.15) is 11.8 Å². The van der Waals surface area contributed by atoms with E-state index in [0.29, 0.717) is 18.4 Å². The van der Waals surface area contributed by atoms with Gasteiger partial charge in [-0.3, -0.25) is 4.79 Å². The van der Waals surface area contributed by atoms with Gasteiger partial charge >= 0.3 is 5.97 Å². The molecule has 1 aromatic rings. The quantitative estimate of drug-likeness (QED) is 0.819. The molecule has 0 bridgehead atoms. The summed E-state index contributed by atoms with van der Waals surface area (Å²) >= 11 is 0. The molecule has 1 rings (SSSR count). The van der Waals surface area contributed by atoms with Gasteiger partial charge in [0.05, 0.1) is 0 Å². The molecule has 1 atom stereocenters. The molecule has 104 valence electrons. The number of benzene rings is 1. The highest BCUT2D eigenvalue weighted by atomic mass is 16.4. The molecule has 5 nitrogen and oxygen atoms in total. The summed E-state index contributed by atoms with van der Waals surface area (Å²) in [5.74, 6) is -1.08. The molecule has 0 heterocycles. The lowest BCUT2D eigenvalue weighted by Crippen LogP contribution is -2.42. The number of aromatic hydroxyl groups is 1. The van der Waals surface area contributed by atoms with Crippen molar-refractivity contribution in [1.82, 2.24) is 4.90 Å². The Morgan fingerprint density at radius 2 is 1.95 bits per heavy atom. The first-order valence-electron chi connectivity index (χ1n) is 6.22. The second-order valence-corrected chi connectivity index (χ2v) is 4.40. The number of amides is 1. The number of nitrogens with zero attached hydrogens (tertiary/aromatic N) is 1. The lowest BCUT2D eigenvalue weighted by atomic mass is 10.1. The summed E-state index contributed by atoms with van der Waals surface area (Å²) < 4.78 is 0. The Labute approximate surface area is 112 Å². The molecule has 0 aliphatic heterocycles. The van der Waals surface area contributed by atoms with E-state index in [-0.39, 0.29) is 18.1 Å². The van der Waals surface area contributed by atoms with Crippen molar-refractivity contribution >= 4 is 11.9 Å². The van der Waals surface area contributed by atoms with Crippen LogP contribution in [0.25, 0.3) is 0 Å². The molecule has 0 aromatic heterocycles. The van der Waals surface area contributed by atoms with Crippen LogP contribution in [0.1, 0.15) is 25.3 Å². The predicted molar refractivity (Wildman–Crippen MR) is 70.9 cm³/mol. The number of carbonyl (C=O) groups is 2. The summed E-state index contributed by atoms with van der Waals surface area (Å²) in [7, 11) is 1.50. The Hall–Kier alpha value is -2.04. The number of aryl methyl sites for hydroxylation is 1. The van der Waals surface area contributed by atoms with Crippen LogP contribution in [0.4, 0.5) is 0 Å². The van der Waals surface area contributed by atoms with Gasteiger partial charge in [-0.05, 0) is 24.5 Å². The third kappa shape index (κ3) is 3.98. The molecule has 0 fully saturated rings. The van der Waals surface area contributed by atoms with Crippen molar-refractivity contribution in [3.05, 3.63) is 29.8 Å². The SMILES string of the molecule is CCC(C(=O)O)N(C)C(=O)CCc1ccccc1O. The van der Waals surface area contributed by atoms with E-state index >= 15 is 0 Å². The van der Waals surface area contributed by atoms with Crippen LogP contribution in [-0.4, -0.2) is 40.1 Å². The van der Waals surface area contributed by atoms with E-state index in [2.05, 4.69) is 0 Å². The molecule has 0 radical (unpaired) electrons. The lowest BCUT2D eigenvalue weighted by molar-refractivity contribution is -0.149. The zero-order chi connectivity index (χ0) is 14.4. The van der Waals surface area contributed by atoms with Crippen LogP contribution in [0.3, 0.4) is 0 Å².